The summed E-state index contributed by atoms with van der Waals surface area (Å²) in [7, 11) is 0. The molecule has 0 saturated heterocycles. The molecule has 0 radical (unpaired) electrons. The molecule has 1 rings (SSSR count). The first kappa shape index (κ1) is 11.0. The van der Waals surface area contributed by atoms with Crippen molar-refractivity contribution in [1.29, 1.82) is 5.26 Å². The molecule has 50 valence electrons. The summed E-state index contributed by atoms with van der Waals surface area (Å²) in [5.74, 6) is -0.0231. The van der Waals surface area contributed by atoms with Crippen LogP contribution in [0.4, 0.5) is 0 Å². The van der Waals surface area contributed by atoms with Crippen LogP contribution in [-0.4, -0.2) is 5.11 Å². The third-order valence-corrected chi connectivity index (χ3v) is 1.24. The van der Waals surface area contributed by atoms with E-state index in [2.05, 4.69) is 6.92 Å². The van der Waals surface area contributed by atoms with Crippen molar-refractivity contribution in [2.24, 2.45) is 0 Å². The Morgan fingerprint density at radius 3 is 2.55 bits per heavy atom. The van der Waals surface area contributed by atoms with E-state index in [1.165, 1.54) is 0 Å². The van der Waals surface area contributed by atoms with Gasteiger partial charge < -0.3 is 5.11 Å². The Bertz CT molecular complexity index is 291. The van der Waals surface area contributed by atoms with E-state index < -0.39 is 0 Å². The molecule has 2 nitrogen and oxygen atoms in total. The SMILES string of the molecule is [CH2-]c1cccc(C#N)c1O.[K+]. The second kappa shape index (κ2) is 4.81. The summed E-state index contributed by atoms with van der Waals surface area (Å²) in [5, 5.41) is 17.5. The van der Waals surface area contributed by atoms with Crippen LogP contribution in [0.2, 0.25) is 0 Å². The average Bonchev–Trinajstić information content (AvgIpc) is 1.95. The van der Waals surface area contributed by atoms with Crippen molar-refractivity contribution in [3.05, 3.63) is 36.2 Å². The van der Waals surface area contributed by atoms with Gasteiger partial charge in [0.25, 0.3) is 0 Å². The Morgan fingerprint density at radius 2 is 2.09 bits per heavy atom. The first-order valence-electron chi connectivity index (χ1n) is 2.79. The standard InChI is InChI=1S/C8H6NO.K/c1-6-3-2-4-7(5-9)8(6)10;/h2-4,10H,1H2;/q-1;+1. The predicted molar refractivity (Wildman–Crippen MR) is 37.3 cm³/mol. The molecule has 0 unspecified atom stereocenters. The molecule has 0 saturated carbocycles. The number of nitriles is 1. The van der Waals surface area contributed by atoms with Crippen LogP contribution in [-0.2, 0) is 0 Å². The second-order valence-electron chi connectivity index (χ2n) is 1.93. The van der Waals surface area contributed by atoms with Crippen molar-refractivity contribution >= 4 is 0 Å². The van der Waals surface area contributed by atoms with Gasteiger partial charge in [-0.2, -0.15) is 23.8 Å². The van der Waals surface area contributed by atoms with Gasteiger partial charge in [-0.15, -0.1) is 6.07 Å². The van der Waals surface area contributed by atoms with Gasteiger partial charge in [-0.25, -0.2) is 0 Å². The molecule has 0 spiro atoms. The molecular weight excluding hydrogens is 165 g/mol. The van der Waals surface area contributed by atoms with Gasteiger partial charge in [0.05, 0.1) is 6.07 Å². The van der Waals surface area contributed by atoms with Crippen LogP contribution in [0, 0.1) is 18.3 Å². The second-order valence-corrected chi connectivity index (χ2v) is 1.93. The van der Waals surface area contributed by atoms with Crippen molar-refractivity contribution in [2.45, 2.75) is 0 Å². The number of hydrogen-bond donors (Lipinski definition) is 1. The average molecular weight is 171 g/mol. The quantitative estimate of drug-likeness (QED) is 0.379. The number of aromatic hydroxyl groups is 1. The number of rotatable bonds is 0. The van der Waals surface area contributed by atoms with Crippen molar-refractivity contribution in [2.75, 3.05) is 0 Å². The van der Waals surface area contributed by atoms with Crippen LogP contribution in [0.1, 0.15) is 11.1 Å². The van der Waals surface area contributed by atoms with Crippen molar-refractivity contribution in [3.63, 3.8) is 0 Å². The Kier molecular flexibility index (Phi) is 4.81. The van der Waals surface area contributed by atoms with Gasteiger partial charge in [0.1, 0.15) is 0 Å². The topological polar surface area (TPSA) is 44.0 Å². The fourth-order valence-electron chi connectivity index (χ4n) is 0.682. The molecule has 1 aromatic carbocycles. The van der Waals surface area contributed by atoms with E-state index in [0.717, 1.165) is 0 Å². The largest absolute Gasteiger partial charge is 1.00 e. The van der Waals surface area contributed by atoms with Crippen LogP contribution in [0.5, 0.6) is 5.75 Å². The number of phenolic OH excluding ortho intramolecular Hbond substituents is 1. The number of hydrogen-bond acceptors (Lipinski definition) is 2. The van der Waals surface area contributed by atoms with Gasteiger partial charge >= 0.3 is 51.4 Å². The third-order valence-electron chi connectivity index (χ3n) is 1.24. The van der Waals surface area contributed by atoms with E-state index in [0.29, 0.717) is 5.56 Å². The summed E-state index contributed by atoms with van der Waals surface area (Å²) in [4.78, 5) is 0. The van der Waals surface area contributed by atoms with Gasteiger partial charge in [-0.1, -0.05) is 6.07 Å². The molecular formula is C8H6KNO. The minimum Gasteiger partial charge on any atom is -0.564 e. The van der Waals surface area contributed by atoms with Crippen LogP contribution in [0.3, 0.4) is 0 Å². The van der Waals surface area contributed by atoms with E-state index in [-0.39, 0.29) is 62.7 Å². The zero-order valence-corrected chi connectivity index (χ0v) is 9.46. The Labute approximate surface area is 108 Å². The molecule has 3 heteroatoms. The summed E-state index contributed by atoms with van der Waals surface area (Å²) < 4.78 is 0. The van der Waals surface area contributed by atoms with Crippen LogP contribution in [0.15, 0.2) is 18.2 Å². The van der Waals surface area contributed by atoms with Gasteiger partial charge in [0.15, 0.2) is 0 Å². The van der Waals surface area contributed by atoms with Crippen LogP contribution in [0.25, 0.3) is 0 Å². The summed E-state index contributed by atoms with van der Waals surface area (Å²) in [6, 6.07) is 6.72. The predicted octanol–water partition coefficient (Wildman–Crippen LogP) is -1.55. The zero-order chi connectivity index (χ0) is 7.56. The maximum absolute atomic E-state index is 9.11. The monoisotopic (exact) mass is 171 g/mol. The number of phenols is 1. The summed E-state index contributed by atoms with van der Waals surface area (Å²) in [6.07, 6.45) is 0. The van der Waals surface area contributed by atoms with Crippen molar-refractivity contribution < 1.29 is 56.5 Å². The van der Waals surface area contributed by atoms with Crippen molar-refractivity contribution in [3.8, 4) is 11.8 Å². The first-order chi connectivity index (χ1) is 4.75. The van der Waals surface area contributed by atoms with Crippen LogP contribution >= 0.6 is 0 Å². The van der Waals surface area contributed by atoms with E-state index in [4.69, 9.17) is 10.4 Å². The molecule has 0 aliphatic rings. The van der Waals surface area contributed by atoms with Gasteiger partial charge in [-0.3, -0.25) is 0 Å². The Morgan fingerprint density at radius 1 is 1.45 bits per heavy atom. The smallest absolute Gasteiger partial charge is 0.564 e. The van der Waals surface area contributed by atoms with Gasteiger partial charge in [-0.05, 0) is 0 Å². The maximum Gasteiger partial charge on any atom is 1.00 e. The fourth-order valence-corrected chi connectivity index (χ4v) is 0.682. The molecule has 0 aliphatic heterocycles. The van der Waals surface area contributed by atoms with E-state index in [9.17, 15) is 0 Å². The molecule has 0 heterocycles. The summed E-state index contributed by atoms with van der Waals surface area (Å²) in [5.41, 5.74) is 0.756. The minimum absolute atomic E-state index is 0. The molecule has 0 amide bonds. The minimum atomic E-state index is -0.0231. The first-order valence-corrected chi connectivity index (χ1v) is 2.79. The Hall–Kier alpha value is 0.0164. The van der Waals surface area contributed by atoms with E-state index in [1.54, 1.807) is 18.2 Å². The van der Waals surface area contributed by atoms with Crippen LogP contribution < -0.4 is 51.4 Å². The number of para-hydroxylation sites is 1. The normalized spacial score (nSPS) is 7.91. The Balaban J connectivity index is 0.000001000. The third kappa shape index (κ3) is 2.51. The number of nitrogens with zero attached hydrogens (tertiary/aromatic N) is 1. The molecule has 0 aromatic heterocycles. The fraction of sp³-hybridized carbons (Fsp3) is 0. The zero-order valence-electron chi connectivity index (χ0n) is 6.33. The molecule has 0 atom stereocenters. The molecule has 1 N–H and O–H groups in total. The molecule has 11 heavy (non-hydrogen) atoms. The van der Waals surface area contributed by atoms with Crippen molar-refractivity contribution in [1.82, 2.24) is 0 Å². The maximum atomic E-state index is 9.11. The van der Waals surface area contributed by atoms with Gasteiger partial charge in [0, 0.05) is 11.3 Å². The van der Waals surface area contributed by atoms with E-state index in [1.807, 2.05) is 6.07 Å². The molecule has 0 fully saturated rings. The molecule has 1 aromatic rings. The van der Waals surface area contributed by atoms with E-state index >= 15 is 0 Å². The summed E-state index contributed by atoms with van der Waals surface area (Å²) in [6.45, 7) is 3.53. The van der Waals surface area contributed by atoms with Gasteiger partial charge in [0.2, 0.25) is 0 Å². The molecule has 0 aliphatic carbocycles. The summed E-state index contributed by atoms with van der Waals surface area (Å²) >= 11 is 0. The number of benzene rings is 1. The molecule has 0 bridgehead atoms.